The molecule has 0 radical (unpaired) electrons. The first-order chi connectivity index (χ1) is 11.0. The van der Waals surface area contributed by atoms with Gasteiger partial charge in [0.2, 0.25) is 5.91 Å². The third kappa shape index (κ3) is 4.28. The molecule has 0 saturated carbocycles. The van der Waals surface area contributed by atoms with E-state index < -0.39 is 0 Å². The topological polar surface area (TPSA) is 88.1 Å². The van der Waals surface area contributed by atoms with Gasteiger partial charge in [-0.2, -0.15) is 0 Å². The van der Waals surface area contributed by atoms with Crippen LogP contribution in [0.1, 0.15) is 18.4 Å². The summed E-state index contributed by atoms with van der Waals surface area (Å²) in [6, 6.07) is 4.96. The quantitative estimate of drug-likeness (QED) is 0.877. The molecule has 1 fully saturated rings. The number of benzene rings is 1. The average Bonchev–Trinajstić information content (AvgIpc) is 2.60. The molecule has 7 heteroatoms. The minimum Gasteiger partial charge on any atom is -0.504 e. The second-order valence-electron chi connectivity index (χ2n) is 5.46. The van der Waals surface area contributed by atoms with E-state index in [1.807, 2.05) is 0 Å². The lowest BCUT2D eigenvalue weighted by Gasteiger charge is -2.30. The number of likely N-dealkylation sites (tertiary alicyclic amines) is 1. The first-order valence-corrected chi connectivity index (χ1v) is 7.51. The van der Waals surface area contributed by atoms with Crippen LogP contribution in [-0.2, 0) is 16.1 Å². The maximum absolute atomic E-state index is 12.2. The molecule has 1 aromatic rings. The van der Waals surface area contributed by atoms with E-state index in [1.165, 1.54) is 20.3 Å². The van der Waals surface area contributed by atoms with Crippen LogP contribution < -0.4 is 10.1 Å². The number of nitrogens with zero attached hydrogens (tertiary/aromatic N) is 1. The van der Waals surface area contributed by atoms with Gasteiger partial charge in [-0.05, 0) is 30.5 Å². The Morgan fingerprint density at radius 1 is 1.30 bits per heavy atom. The summed E-state index contributed by atoms with van der Waals surface area (Å²) in [6.45, 7) is 1.42. The third-order valence-corrected chi connectivity index (χ3v) is 4.01. The zero-order chi connectivity index (χ0) is 16.8. The number of phenolic OH excluding ortho intramolecular Hbond substituents is 1. The van der Waals surface area contributed by atoms with Crippen LogP contribution in [0.5, 0.6) is 11.5 Å². The normalized spacial score (nSPS) is 15.1. The van der Waals surface area contributed by atoms with Crippen molar-refractivity contribution in [3.63, 3.8) is 0 Å². The molecule has 7 nitrogen and oxygen atoms in total. The molecule has 2 rings (SSSR count). The summed E-state index contributed by atoms with van der Waals surface area (Å²) in [6.07, 6.45) is 0.902. The Morgan fingerprint density at radius 2 is 2.00 bits per heavy atom. The van der Waals surface area contributed by atoms with E-state index >= 15 is 0 Å². The number of amides is 2. The number of hydrogen-bond donors (Lipinski definition) is 2. The van der Waals surface area contributed by atoms with Crippen molar-refractivity contribution in [2.75, 3.05) is 27.3 Å². The van der Waals surface area contributed by atoms with E-state index in [1.54, 1.807) is 17.0 Å². The van der Waals surface area contributed by atoms with Crippen molar-refractivity contribution < 1.29 is 24.2 Å². The highest BCUT2D eigenvalue weighted by Crippen LogP contribution is 2.26. The van der Waals surface area contributed by atoms with Crippen LogP contribution in [0.3, 0.4) is 0 Å². The van der Waals surface area contributed by atoms with Crippen molar-refractivity contribution in [2.24, 2.45) is 5.92 Å². The fourth-order valence-electron chi connectivity index (χ4n) is 2.62. The molecule has 1 aromatic carbocycles. The number of hydrogen-bond acceptors (Lipinski definition) is 5. The lowest BCUT2D eigenvalue weighted by molar-refractivity contribution is -0.126. The fraction of sp³-hybridized carbons (Fsp3) is 0.500. The number of ether oxygens (including phenoxy) is 2. The molecular weight excluding hydrogens is 300 g/mol. The predicted octanol–water partition coefficient (Wildman–Crippen LogP) is 1.50. The van der Waals surface area contributed by atoms with Crippen molar-refractivity contribution in [3.8, 4) is 11.5 Å². The van der Waals surface area contributed by atoms with Gasteiger partial charge in [0.25, 0.3) is 0 Å². The molecular formula is C16H22N2O5. The minimum absolute atomic E-state index is 0.0263. The standard InChI is InChI=1S/C16H22N2O5/c1-22-14-9-11(3-4-13(14)19)10-17-15(20)12-5-7-18(8-6-12)16(21)23-2/h3-4,9,12,19H,5-8,10H2,1-2H3,(H,17,20). The van der Waals surface area contributed by atoms with Crippen LogP contribution in [0, 0.1) is 5.92 Å². The van der Waals surface area contributed by atoms with Gasteiger partial charge in [-0.1, -0.05) is 6.07 Å². The van der Waals surface area contributed by atoms with Gasteiger partial charge in [0, 0.05) is 25.6 Å². The van der Waals surface area contributed by atoms with Gasteiger partial charge >= 0.3 is 6.09 Å². The summed E-state index contributed by atoms with van der Waals surface area (Å²) in [5.74, 6) is 0.317. The Morgan fingerprint density at radius 3 is 2.61 bits per heavy atom. The molecule has 23 heavy (non-hydrogen) atoms. The van der Waals surface area contributed by atoms with Crippen molar-refractivity contribution >= 4 is 12.0 Å². The van der Waals surface area contributed by atoms with Crippen LogP contribution in [0.2, 0.25) is 0 Å². The van der Waals surface area contributed by atoms with Crippen LogP contribution >= 0.6 is 0 Å². The highest BCUT2D eigenvalue weighted by atomic mass is 16.5. The molecule has 1 saturated heterocycles. The number of aromatic hydroxyl groups is 1. The second-order valence-corrected chi connectivity index (χ2v) is 5.46. The largest absolute Gasteiger partial charge is 0.504 e. The maximum atomic E-state index is 12.2. The molecule has 1 aliphatic rings. The Labute approximate surface area is 135 Å². The molecule has 1 aliphatic heterocycles. The van der Waals surface area contributed by atoms with E-state index in [4.69, 9.17) is 4.74 Å². The van der Waals surface area contributed by atoms with Crippen molar-refractivity contribution in [2.45, 2.75) is 19.4 Å². The van der Waals surface area contributed by atoms with Crippen molar-refractivity contribution in [3.05, 3.63) is 23.8 Å². The summed E-state index contributed by atoms with van der Waals surface area (Å²) >= 11 is 0. The molecule has 0 spiro atoms. The van der Waals surface area contributed by atoms with Gasteiger partial charge in [-0.15, -0.1) is 0 Å². The Hall–Kier alpha value is -2.44. The van der Waals surface area contributed by atoms with E-state index in [0.717, 1.165) is 5.56 Å². The first kappa shape index (κ1) is 16.9. The van der Waals surface area contributed by atoms with Gasteiger partial charge in [0.15, 0.2) is 11.5 Å². The van der Waals surface area contributed by atoms with Crippen LogP contribution in [0.15, 0.2) is 18.2 Å². The highest BCUT2D eigenvalue weighted by molar-refractivity contribution is 5.79. The highest BCUT2D eigenvalue weighted by Gasteiger charge is 2.27. The molecule has 0 aliphatic carbocycles. The summed E-state index contributed by atoms with van der Waals surface area (Å²) in [4.78, 5) is 25.2. The van der Waals surface area contributed by atoms with Crippen LogP contribution in [0.25, 0.3) is 0 Å². The monoisotopic (exact) mass is 322 g/mol. The van der Waals surface area contributed by atoms with Gasteiger partial charge in [0.1, 0.15) is 0 Å². The Kier molecular flexibility index (Phi) is 5.67. The third-order valence-electron chi connectivity index (χ3n) is 4.01. The summed E-state index contributed by atoms with van der Waals surface area (Å²) in [5, 5.41) is 12.4. The number of nitrogens with one attached hydrogen (secondary N) is 1. The summed E-state index contributed by atoms with van der Waals surface area (Å²) in [5.41, 5.74) is 0.847. The molecule has 126 valence electrons. The molecule has 0 unspecified atom stereocenters. The predicted molar refractivity (Wildman–Crippen MR) is 83.2 cm³/mol. The molecule has 2 N–H and O–H groups in total. The van der Waals surface area contributed by atoms with E-state index in [9.17, 15) is 14.7 Å². The lowest BCUT2D eigenvalue weighted by atomic mass is 9.96. The van der Waals surface area contributed by atoms with Gasteiger partial charge in [-0.25, -0.2) is 4.79 Å². The lowest BCUT2D eigenvalue weighted by Crippen LogP contribution is -2.42. The minimum atomic E-state index is -0.347. The van der Waals surface area contributed by atoms with Gasteiger partial charge < -0.3 is 24.8 Å². The van der Waals surface area contributed by atoms with Gasteiger partial charge in [0.05, 0.1) is 14.2 Å². The van der Waals surface area contributed by atoms with Crippen LogP contribution in [-0.4, -0.2) is 49.3 Å². The number of rotatable bonds is 4. The zero-order valence-corrected chi connectivity index (χ0v) is 13.4. The number of methoxy groups -OCH3 is 2. The van der Waals surface area contributed by atoms with Crippen molar-refractivity contribution in [1.82, 2.24) is 10.2 Å². The van der Waals surface area contributed by atoms with E-state index in [2.05, 4.69) is 10.1 Å². The van der Waals surface area contributed by atoms with E-state index in [-0.39, 0.29) is 23.7 Å². The molecule has 0 aromatic heterocycles. The number of phenols is 1. The summed E-state index contributed by atoms with van der Waals surface area (Å²) < 4.78 is 9.72. The molecule has 1 heterocycles. The maximum Gasteiger partial charge on any atom is 0.409 e. The van der Waals surface area contributed by atoms with Crippen molar-refractivity contribution in [1.29, 1.82) is 0 Å². The zero-order valence-electron chi connectivity index (χ0n) is 13.4. The number of carbonyl (C=O) groups is 2. The first-order valence-electron chi connectivity index (χ1n) is 7.51. The average molecular weight is 322 g/mol. The smallest absolute Gasteiger partial charge is 0.409 e. The molecule has 0 bridgehead atoms. The van der Waals surface area contributed by atoms with Crippen LogP contribution in [0.4, 0.5) is 4.79 Å². The Bertz CT molecular complexity index is 568. The number of carbonyl (C=O) groups excluding carboxylic acids is 2. The summed E-state index contributed by atoms with van der Waals surface area (Å²) in [7, 11) is 2.83. The Balaban J connectivity index is 1.83. The molecule has 0 atom stereocenters. The molecule has 2 amide bonds. The fourth-order valence-corrected chi connectivity index (χ4v) is 2.62. The number of piperidine rings is 1. The van der Waals surface area contributed by atoms with E-state index in [0.29, 0.717) is 38.2 Å². The second kappa shape index (κ2) is 7.71. The van der Waals surface area contributed by atoms with Gasteiger partial charge in [-0.3, -0.25) is 4.79 Å². The SMILES string of the molecule is COC(=O)N1CCC(C(=O)NCc2ccc(O)c(OC)c2)CC1.